The smallest absolute Gasteiger partial charge is 0.462 e. The van der Waals surface area contributed by atoms with Crippen molar-refractivity contribution in [2.24, 2.45) is 0 Å². The number of hydrogen-bond acceptors (Lipinski definition) is 7. The topological polar surface area (TPSA) is 108 Å². The molecule has 2 unspecified atom stereocenters. The Hall–Kier alpha value is -2.29. The van der Waals surface area contributed by atoms with Gasteiger partial charge in [0.2, 0.25) is 0 Å². The van der Waals surface area contributed by atoms with Crippen LogP contribution in [-0.4, -0.2) is 74.9 Å². The highest BCUT2D eigenvalue weighted by atomic mass is 31.2. The zero-order valence-electron chi connectivity index (χ0n) is 50.5. The maximum Gasteiger partial charge on any atom is 0.472 e. The van der Waals surface area contributed by atoms with Gasteiger partial charge in [-0.1, -0.05) is 286 Å². The van der Waals surface area contributed by atoms with Crippen LogP contribution in [0.2, 0.25) is 0 Å². The second-order valence-corrected chi connectivity index (χ2v) is 24.2. The molecule has 0 saturated carbocycles. The van der Waals surface area contributed by atoms with E-state index >= 15 is 0 Å². The Kier molecular flexibility index (Phi) is 55.7. The number of unbranched alkanes of at least 4 members (excludes halogenated alkanes) is 35. The summed E-state index contributed by atoms with van der Waals surface area (Å²) in [5, 5.41) is 0. The third-order valence-electron chi connectivity index (χ3n) is 14.1. The van der Waals surface area contributed by atoms with E-state index in [1.54, 1.807) is 0 Å². The van der Waals surface area contributed by atoms with E-state index in [4.69, 9.17) is 18.5 Å². The van der Waals surface area contributed by atoms with Crippen molar-refractivity contribution >= 4 is 19.8 Å². The number of hydrogen-bond donors (Lipinski definition) is 1. The van der Waals surface area contributed by atoms with Crippen LogP contribution in [0.15, 0.2) is 60.8 Å². The number of esters is 2. The van der Waals surface area contributed by atoms with Gasteiger partial charge in [-0.3, -0.25) is 18.6 Å². The quantitative estimate of drug-likeness (QED) is 0.0211. The van der Waals surface area contributed by atoms with Gasteiger partial charge in [0.05, 0.1) is 27.7 Å². The van der Waals surface area contributed by atoms with Crippen molar-refractivity contribution in [2.45, 2.75) is 302 Å². The van der Waals surface area contributed by atoms with E-state index < -0.39 is 26.5 Å². The summed E-state index contributed by atoms with van der Waals surface area (Å²) >= 11 is 0. The lowest BCUT2D eigenvalue weighted by Gasteiger charge is -2.24. The zero-order chi connectivity index (χ0) is 55.6. The largest absolute Gasteiger partial charge is 0.472 e. The molecule has 0 radical (unpaired) electrons. The SMILES string of the molecule is CC/C=C\C/C=C\C/C=C\C/C=C\C/C=C\CCCCCCCCCCCCCCCCCC(=O)OC(COC(=O)CCCCCCCCCCCCCCCCCCCCCCC)COP(=O)(O)OCC[N+](C)(C)C. The van der Waals surface area contributed by atoms with E-state index in [1.807, 2.05) is 21.1 Å². The molecule has 0 aromatic heterocycles. The Bertz CT molecular complexity index is 1470. The van der Waals surface area contributed by atoms with Gasteiger partial charge in [-0.25, -0.2) is 4.57 Å². The van der Waals surface area contributed by atoms with Gasteiger partial charge in [0, 0.05) is 12.8 Å². The van der Waals surface area contributed by atoms with Gasteiger partial charge in [0.15, 0.2) is 6.10 Å². The van der Waals surface area contributed by atoms with Gasteiger partial charge < -0.3 is 18.9 Å². The molecule has 444 valence electrons. The lowest BCUT2D eigenvalue weighted by Crippen LogP contribution is -2.37. The molecule has 0 heterocycles. The lowest BCUT2D eigenvalue weighted by atomic mass is 10.0. The van der Waals surface area contributed by atoms with Crippen LogP contribution in [0.4, 0.5) is 0 Å². The summed E-state index contributed by atoms with van der Waals surface area (Å²) < 4.78 is 34.7. The molecular formula is C66H123NO8P+. The summed E-state index contributed by atoms with van der Waals surface area (Å²) in [6.45, 7) is 4.37. The van der Waals surface area contributed by atoms with Gasteiger partial charge in [-0.15, -0.1) is 0 Å². The Balaban J connectivity index is 4.06. The molecular weight excluding hydrogens is 966 g/mol. The Morgan fingerprint density at radius 1 is 0.421 bits per heavy atom. The summed E-state index contributed by atoms with van der Waals surface area (Å²) in [6, 6.07) is 0. The van der Waals surface area contributed by atoms with Gasteiger partial charge in [0.1, 0.15) is 19.8 Å². The summed E-state index contributed by atoms with van der Waals surface area (Å²) in [6.07, 6.45) is 74.5. The number of nitrogens with zero attached hydrogens (tertiary/aromatic N) is 1. The molecule has 10 heteroatoms. The molecule has 0 rings (SSSR count). The number of rotatable bonds is 59. The highest BCUT2D eigenvalue weighted by Gasteiger charge is 2.27. The minimum atomic E-state index is -4.39. The molecule has 0 aromatic rings. The first-order valence-electron chi connectivity index (χ1n) is 32.0. The van der Waals surface area contributed by atoms with Crippen molar-refractivity contribution in [1.29, 1.82) is 0 Å². The molecule has 0 aliphatic rings. The number of likely N-dealkylation sites (N-methyl/N-ethyl adjacent to an activating group) is 1. The van der Waals surface area contributed by atoms with Crippen LogP contribution < -0.4 is 0 Å². The van der Waals surface area contributed by atoms with E-state index in [2.05, 4.69) is 74.6 Å². The summed E-state index contributed by atoms with van der Waals surface area (Å²) in [4.78, 5) is 35.8. The van der Waals surface area contributed by atoms with E-state index in [-0.39, 0.29) is 25.6 Å². The molecule has 0 fully saturated rings. The number of quaternary nitrogens is 1. The number of ether oxygens (including phenoxy) is 2. The average Bonchev–Trinajstić information content (AvgIpc) is 3.38. The van der Waals surface area contributed by atoms with E-state index in [9.17, 15) is 19.0 Å². The molecule has 0 saturated heterocycles. The summed E-state index contributed by atoms with van der Waals surface area (Å²) in [5.74, 6) is -0.783. The normalized spacial score (nSPS) is 13.6. The third-order valence-corrected chi connectivity index (χ3v) is 15.0. The minimum absolute atomic E-state index is 0.0326. The molecule has 9 nitrogen and oxygen atoms in total. The molecule has 0 bridgehead atoms. The van der Waals surface area contributed by atoms with Crippen molar-refractivity contribution in [3.8, 4) is 0 Å². The van der Waals surface area contributed by atoms with Crippen LogP contribution in [-0.2, 0) is 32.7 Å². The monoisotopic (exact) mass is 1090 g/mol. The molecule has 0 spiro atoms. The first-order valence-corrected chi connectivity index (χ1v) is 33.5. The average molecular weight is 1090 g/mol. The first-order chi connectivity index (χ1) is 37.0. The highest BCUT2D eigenvalue weighted by Crippen LogP contribution is 2.43. The fraction of sp³-hybridized carbons (Fsp3) is 0.818. The summed E-state index contributed by atoms with van der Waals surface area (Å²) in [5.41, 5.74) is 0. The predicted octanol–water partition coefficient (Wildman–Crippen LogP) is 20.3. The van der Waals surface area contributed by atoms with Gasteiger partial charge in [0.25, 0.3) is 0 Å². The van der Waals surface area contributed by atoms with Crippen molar-refractivity contribution in [1.82, 2.24) is 0 Å². The summed E-state index contributed by atoms with van der Waals surface area (Å²) in [7, 11) is 1.49. The zero-order valence-corrected chi connectivity index (χ0v) is 51.4. The number of carbonyl (C=O) groups excluding carboxylic acids is 2. The van der Waals surface area contributed by atoms with Crippen LogP contribution in [0.1, 0.15) is 296 Å². The maximum atomic E-state index is 12.8. The lowest BCUT2D eigenvalue weighted by molar-refractivity contribution is -0.870. The highest BCUT2D eigenvalue weighted by molar-refractivity contribution is 7.47. The molecule has 0 amide bonds. The van der Waals surface area contributed by atoms with E-state index in [1.165, 1.54) is 199 Å². The Morgan fingerprint density at radius 3 is 1.12 bits per heavy atom. The fourth-order valence-electron chi connectivity index (χ4n) is 9.16. The number of carbonyl (C=O) groups is 2. The molecule has 0 aromatic carbocycles. The molecule has 2 atom stereocenters. The van der Waals surface area contributed by atoms with Crippen molar-refractivity contribution in [3.05, 3.63) is 60.8 Å². The van der Waals surface area contributed by atoms with Crippen molar-refractivity contribution in [2.75, 3.05) is 47.5 Å². The number of phosphoric ester groups is 1. The van der Waals surface area contributed by atoms with Crippen LogP contribution in [0.5, 0.6) is 0 Å². The second-order valence-electron chi connectivity index (χ2n) is 22.8. The standard InChI is InChI=1S/C66H122NO8P/c1-6-8-10-12-14-16-18-20-22-24-26-28-29-30-31-32-33-34-35-36-37-39-41-43-45-47-49-51-53-55-57-59-66(69)75-64(63-74-76(70,71)73-61-60-67(3,4)5)62-72-65(68)58-56-54-52-50-48-46-44-42-40-38-27-25-23-21-19-17-15-13-11-9-7-2/h8,10,14,16,20,22,26,28,30-31,64H,6-7,9,11-13,15,17-19,21,23-25,27,29,32-63H2,1-5H3/p+1/b10-8-,16-14-,22-20-,28-26-,31-30-. The van der Waals surface area contributed by atoms with E-state index in [0.717, 1.165) is 64.2 Å². The molecule has 1 N–H and O–H groups in total. The predicted molar refractivity (Wildman–Crippen MR) is 326 cm³/mol. The third kappa shape index (κ3) is 60.9. The molecule has 0 aliphatic carbocycles. The molecule has 0 aliphatic heterocycles. The van der Waals surface area contributed by atoms with Crippen LogP contribution in [0.25, 0.3) is 0 Å². The van der Waals surface area contributed by atoms with Crippen molar-refractivity contribution in [3.63, 3.8) is 0 Å². The Labute approximate surface area is 470 Å². The van der Waals surface area contributed by atoms with Crippen LogP contribution >= 0.6 is 7.82 Å². The van der Waals surface area contributed by atoms with Crippen molar-refractivity contribution < 1.29 is 42.1 Å². The number of allylic oxidation sites excluding steroid dienone is 10. The van der Waals surface area contributed by atoms with Gasteiger partial charge >= 0.3 is 19.8 Å². The van der Waals surface area contributed by atoms with Crippen LogP contribution in [0, 0.1) is 0 Å². The van der Waals surface area contributed by atoms with Gasteiger partial charge in [-0.2, -0.15) is 0 Å². The molecule has 76 heavy (non-hydrogen) atoms. The maximum absolute atomic E-state index is 12.8. The van der Waals surface area contributed by atoms with E-state index in [0.29, 0.717) is 23.9 Å². The van der Waals surface area contributed by atoms with Gasteiger partial charge in [-0.05, 0) is 57.8 Å². The Morgan fingerprint density at radius 2 is 0.750 bits per heavy atom. The minimum Gasteiger partial charge on any atom is -0.462 e. The number of phosphoric acid groups is 1. The second kappa shape index (κ2) is 57.4. The van der Waals surface area contributed by atoms with Crippen LogP contribution in [0.3, 0.4) is 0 Å². The fourth-order valence-corrected chi connectivity index (χ4v) is 9.90. The first kappa shape index (κ1) is 73.7.